The minimum Gasteiger partial charge on any atom is -0.497 e. The highest BCUT2D eigenvalue weighted by molar-refractivity contribution is 5.84. The van der Waals surface area contributed by atoms with Gasteiger partial charge in [0, 0.05) is 11.6 Å². The number of hydrogen-bond acceptors (Lipinski definition) is 4. The Labute approximate surface area is 123 Å². The Morgan fingerprint density at radius 2 is 2.05 bits per heavy atom. The minimum absolute atomic E-state index is 0.0421. The van der Waals surface area contributed by atoms with Crippen molar-refractivity contribution in [1.29, 1.82) is 0 Å². The second-order valence-corrected chi connectivity index (χ2v) is 5.19. The average molecular weight is 293 g/mol. The van der Waals surface area contributed by atoms with Crippen LogP contribution >= 0.6 is 0 Å². The Bertz CT molecular complexity index is 555. The zero-order valence-corrected chi connectivity index (χ0v) is 12.3. The first-order valence-corrected chi connectivity index (χ1v) is 6.68. The Hall–Kier alpha value is -2.24. The number of methoxy groups -OCH3 is 2. The lowest BCUT2D eigenvalue weighted by Gasteiger charge is -2.36. The highest BCUT2D eigenvalue weighted by atomic mass is 16.5. The van der Waals surface area contributed by atoms with E-state index in [4.69, 9.17) is 9.47 Å². The zero-order valence-electron chi connectivity index (χ0n) is 12.3. The van der Waals surface area contributed by atoms with Crippen LogP contribution in [0.1, 0.15) is 25.3 Å². The first kappa shape index (κ1) is 15.2. The quantitative estimate of drug-likeness (QED) is 0.773. The van der Waals surface area contributed by atoms with E-state index >= 15 is 0 Å². The van der Waals surface area contributed by atoms with Crippen LogP contribution in [-0.2, 0) is 15.1 Å². The van der Waals surface area contributed by atoms with E-state index in [2.05, 4.69) is 0 Å². The van der Waals surface area contributed by atoms with Gasteiger partial charge in [-0.25, -0.2) is 4.79 Å². The lowest BCUT2D eigenvalue weighted by Crippen LogP contribution is -2.50. The third-order valence-electron chi connectivity index (χ3n) is 3.92. The first-order chi connectivity index (χ1) is 9.98. The van der Waals surface area contributed by atoms with Crippen molar-refractivity contribution in [3.8, 4) is 11.5 Å². The number of ether oxygens (including phenoxy) is 2. The largest absolute Gasteiger partial charge is 0.497 e. The number of carboxylic acids is 1. The van der Waals surface area contributed by atoms with Crippen LogP contribution in [0.4, 0.5) is 0 Å². The summed E-state index contributed by atoms with van der Waals surface area (Å²) < 4.78 is 10.4. The predicted molar refractivity (Wildman–Crippen MR) is 75.5 cm³/mol. The molecule has 1 aromatic carbocycles. The summed E-state index contributed by atoms with van der Waals surface area (Å²) in [5.41, 5.74) is -1.10. The summed E-state index contributed by atoms with van der Waals surface area (Å²) in [6, 6.07) is 4.89. The molecule has 1 unspecified atom stereocenters. The lowest BCUT2D eigenvalue weighted by molar-refractivity contribution is -0.155. The first-order valence-electron chi connectivity index (χ1n) is 6.68. The molecule has 0 saturated heterocycles. The van der Waals surface area contributed by atoms with Crippen molar-refractivity contribution in [3.05, 3.63) is 23.8 Å². The van der Waals surface area contributed by atoms with Crippen LogP contribution in [0.5, 0.6) is 11.5 Å². The SMILES string of the molecule is COc1ccc(OC)c(C(C)(C(=O)O)N(C=O)C2CC2)c1. The summed E-state index contributed by atoms with van der Waals surface area (Å²) in [7, 11) is 2.97. The van der Waals surface area contributed by atoms with Crippen molar-refractivity contribution < 1.29 is 24.2 Å². The second-order valence-electron chi connectivity index (χ2n) is 5.19. The van der Waals surface area contributed by atoms with E-state index in [0.717, 1.165) is 12.8 Å². The molecule has 0 aliphatic heterocycles. The molecule has 1 atom stereocenters. The van der Waals surface area contributed by atoms with Gasteiger partial charge in [-0.05, 0) is 38.0 Å². The maximum atomic E-state index is 11.9. The van der Waals surface area contributed by atoms with Crippen molar-refractivity contribution in [3.63, 3.8) is 0 Å². The molecule has 0 bridgehead atoms. The van der Waals surface area contributed by atoms with Crippen LogP contribution < -0.4 is 9.47 Å². The number of carboxylic acid groups (broad SMARTS) is 1. The molecule has 1 N–H and O–H groups in total. The third kappa shape index (κ3) is 2.53. The van der Waals surface area contributed by atoms with Gasteiger partial charge in [0.15, 0.2) is 5.54 Å². The number of rotatable bonds is 7. The van der Waals surface area contributed by atoms with E-state index in [1.165, 1.54) is 26.0 Å². The zero-order chi connectivity index (χ0) is 15.6. The van der Waals surface area contributed by atoms with E-state index in [0.29, 0.717) is 23.5 Å². The summed E-state index contributed by atoms with van der Waals surface area (Å²) in [6.45, 7) is 1.51. The molecule has 1 amide bonds. The van der Waals surface area contributed by atoms with Gasteiger partial charge in [-0.15, -0.1) is 0 Å². The monoisotopic (exact) mass is 293 g/mol. The number of carbonyl (C=O) groups excluding carboxylic acids is 1. The Kier molecular flexibility index (Phi) is 4.06. The Morgan fingerprint density at radius 1 is 1.38 bits per heavy atom. The number of aliphatic carboxylic acids is 1. The molecule has 1 aliphatic rings. The molecule has 6 nitrogen and oxygen atoms in total. The number of amides is 1. The van der Waals surface area contributed by atoms with Crippen LogP contribution in [0.2, 0.25) is 0 Å². The number of benzene rings is 1. The van der Waals surface area contributed by atoms with Gasteiger partial charge < -0.3 is 19.5 Å². The van der Waals surface area contributed by atoms with E-state index in [9.17, 15) is 14.7 Å². The molecule has 0 heterocycles. The van der Waals surface area contributed by atoms with Gasteiger partial charge in [-0.3, -0.25) is 4.79 Å². The average Bonchev–Trinajstić information content (AvgIpc) is 3.31. The second kappa shape index (κ2) is 5.63. The maximum Gasteiger partial charge on any atom is 0.334 e. The predicted octanol–water partition coefficient (Wildman–Crippen LogP) is 1.62. The molecule has 0 spiro atoms. The van der Waals surface area contributed by atoms with E-state index in [1.807, 2.05) is 0 Å². The molecular formula is C15H19NO5. The molecule has 0 radical (unpaired) electrons. The topological polar surface area (TPSA) is 76.1 Å². The van der Waals surface area contributed by atoms with Gasteiger partial charge in [0.05, 0.1) is 14.2 Å². The number of nitrogens with zero attached hydrogens (tertiary/aromatic N) is 1. The van der Waals surface area contributed by atoms with Crippen LogP contribution in [0, 0.1) is 0 Å². The normalized spacial score (nSPS) is 16.7. The van der Waals surface area contributed by atoms with E-state index < -0.39 is 11.5 Å². The Morgan fingerprint density at radius 3 is 2.48 bits per heavy atom. The van der Waals surface area contributed by atoms with Gasteiger partial charge in [0.1, 0.15) is 11.5 Å². The molecule has 1 aromatic rings. The van der Waals surface area contributed by atoms with Gasteiger partial charge in [0.2, 0.25) is 6.41 Å². The summed E-state index contributed by atoms with van der Waals surface area (Å²) >= 11 is 0. The van der Waals surface area contributed by atoms with Gasteiger partial charge >= 0.3 is 5.97 Å². The van der Waals surface area contributed by atoms with Crippen molar-refractivity contribution in [2.45, 2.75) is 31.3 Å². The number of hydrogen-bond donors (Lipinski definition) is 1. The van der Waals surface area contributed by atoms with Gasteiger partial charge in [-0.2, -0.15) is 0 Å². The molecule has 2 rings (SSSR count). The summed E-state index contributed by atoms with van der Waals surface area (Å²) in [4.78, 5) is 24.7. The van der Waals surface area contributed by atoms with E-state index in [1.54, 1.807) is 18.2 Å². The van der Waals surface area contributed by atoms with Crippen molar-refractivity contribution in [1.82, 2.24) is 4.90 Å². The van der Waals surface area contributed by atoms with Crippen LogP contribution in [0.25, 0.3) is 0 Å². The summed E-state index contributed by atoms with van der Waals surface area (Å²) in [5, 5.41) is 9.75. The Balaban J connectivity index is 2.60. The fourth-order valence-electron chi connectivity index (χ4n) is 2.47. The molecule has 0 aromatic heterocycles. The van der Waals surface area contributed by atoms with Crippen LogP contribution in [-0.4, -0.2) is 42.6 Å². The summed E-state index contributed by atoms with van der Waals surface area (Å²) in [6.07, 6.45) is 2.23. The highest BCUT2D eigenvalue weighted by Crippen LogP contribution is 2.42. The smallest absolute Gasteiger partial charge is 0.334 e. The molecule has 6 heteroatoms. The standard InChI is InChI=1S/C15H19NO5/c1-15(14(18)19,16(9-17)10-4-5-10)12-8-11(20-2)6-7-13(12)21-3/h6-10H,4-5H2,1-3H3,(H,18,19). The molecule has 21 heavy (non-hydrogen) atoms. The molecular weight excluding hydrogens is 274 g/mol. The number of carbonyl (C=O) groups is 2. The molecule has 1 fully saturated rings. The fraction of sp³-hybridized carbons (Fsp3) is 0.467. The minimum atomic E-state index is -1.50. The van der Waals surface area contributed by atoms with E-state index in [-0.39, 0.29) is 6.04 Å². The highest BCUT2D eigenvalue weighted by Gasteiger charge is 2.48. The van der Waals surface area contributed by atoms with Crippen LogP contribution in [0.3, 0.4) is 0 Å². The molecule has 114 valence electrons. The van der Waals surface area contributed by atoms with Crippen molar-refractivity contribution in [2.75, 3.05) is 14.2 Å². The third-order valence-corrected chi connectivity index (χ3v) is 3.92. The van der Waals surface area contributed by atoms with Crippen LogP contribution in [0.15, 0.2) is 18.2 Å². The summed E-state index contributed by atoms with van der Waals surface area (Å²) in [5.74, 6) is -0.179. The van der Waals surface area contributed by atoms with Gasteiger partial charge in [-0.1, -0.05) is 0 Å². The van der Waals surface area contributed by atoms with Gasteiger partial charge in [0.25, 0.3) is 0 Å². The molecule has 1 aliphatic carbocycles. The molecule has 1 saturated carbocycles. The van der Waals surface area contributed by atoms with Crippen molar-refractivity contribution >= 4 is 12.4 Å². The lowest BCUT2D eigenvalue weighted by atomic mass is 9.89. The maximum absolute atomic E-state index is 11.9. The fourth-order valence-corrected chi connectivity index (χ4v) is 2.47. The van der Waals surface area contributed by atoms with Crippen molar-refractivity contribution in [2.24, 2.45) is 0 Å².